The highest BCUT2D eigenvalue weighted by Crippen LogP contribution is 2.43. The molecule has 1 unspecified atom stereocenters. The van der Waals surface area contributed by atoms with E-state index in [0.717, 1.165) is 54.9 Å². The maximum Gasteiger partial charge on any atom is 0.230 e. The average molecular weight is 326 g/mol. The smallest absolute Gasteiger partial charge is 0.230 e. The fraction of sp³-hybridized carbons (Fsp3) is 0.500. The molecule has 2 aliphatic rings. The van der Waals surface area contributed by atoms with Crippen molar-refractivity contribution in [1.82, 2.24) is 15.5 Å². The van der Waals surface area contributed by atoms with E-state index in [4.69, 9.17) is 4.52 Å². The summed E-state index contributed by atoms with van der Waals surface area (Å²) < 4.78 is 5.53. The Morgan fingerprint density at radius 3 is 2.62 bits per heavy atom. The third kappa shape index (κ3) is 2.94. The van der Waals surface area contributed by atoms with E-state index >= 15 is 0 Å². The van der Waals surface area contributed by atoms with Crippen LogP contribution in [0.25, 0.3) is 11.4 Å². The van der Waals surface area contributed by atoms with Gasteiger partial charge in [0.1, 0.15) is 0 Å². The van der Waals surface area contributed by atoms with Gasteiger partial charge in [-0.1, -0.05) is 12.1 Å². The van der Waals surface area contributed by atoms with Crippen LogP contribution in [0.2, 0.25) is 0 Å². The van der Waals surface area contributed by atoms with Crippen LogP contribution >= 0.6 is 0 Å². The molecule has 1 aliphatic heterocycles. The Morgan fingerprint density at radius 1 is 1.25 bits per heavy atom. The standard InChI is InChI=1S/C18H22N4O2/c1-2-16(23)20-15-5-3-11(4-6-15)17-21-18(24-22-17)12-7-13-9-19-10-14(13)8-12/h3-6,12-14,19H,2,7-10H2,1H3,(H,20,23)/t12?,13-,14+. The molecule has 1 amide bonds. The lowest BCUT2D eigenvalue weighted by atomic mass is 10.0. The van der Waals surface area contributed by atoms with E-state index in [0.29, 0.717) is 18.2 Å². The van der Waals surface area contributed by atoms with Crippen molar-refractivity contribution in [3.8, 4) is 11.4 Å². The number of carbonyl (C=O) groups is 1. The minimum Gasteiger partial charge on any atom is -0.339 e. The van der Waals surface area contributed by atoms with Gasteiger partial charge in [0.15, 0.2) is 0 Å². The molecule has 6 nitrogen and oxygen atoms in total. The average Bonchev–Trinajstić information content (AvgIpc) is 3.30. The number of nitrogens with one attached hydrogen (secondary N) is 2. The molecule has 126 valence electrons. The molecule has 1 aromatic heterocycles. The van der Waals surface area contributed by atoms with Crippen LogP contribution in [0.3, 0.4) is 0 Å². The van der Waals surface area contributed by atoms with Crippen LogP contribution in [0.5, 0.6) is 0 Å². The number of anilines is 1. The van der Waals surface area contributed by atoms with Crippen molar-refractivity contribution in [3.63, 3.8) is 0 Å². The molecule has 0 bridgehead atoms. The summed E-state index contributed by atoms with van der Waals surface area (Å²) in [6, 6.07) is 7.55. The van der Waals surface area contributed by atoms with Gasteiger partial charge in [-0.15, -0.1) is 0 Å². The first kappa shape index (κ1) is 15.3. The third-order valence-electron chi connectivity index (χ3n) is 5.19. The molecule has 0 radical (unpaired) electrons. The van der Waals surface area contributed by atoms with Crippen molar-refractivity contribution in [2.75, 3.05) is 18.4 Å². The highest BCUT2D eigenvalue weighted by molar-refractivity contribution is 5.90. The van der Waals surface area contributed by atoms with Gasteiger partial charge >= 0.3 is 0 Å². The number of amides is 1. The van der Waals surface area contributed by atoms with Crippen LogP contribution < -0.4 is 10.6 Å². The lowest BCUT2D eigenvalue weighted by Gasteiger charge is -2.05. The second-order valence-electron chi connectivity index (χ2n) is 6.78. The number of carbonyl (C=O) groups excluding carboxylic acids is 1. The van der Waals surface area contributed by atoms with Gasteiger partial charge in [-0.25, -0.2) is 0 Å². The molecule has 2 aromatic rings. The molecule has 3 atom stereocenters. The summed E-state index contributed by atoms with van der Waals surface area (Å²) in [5.74, 6) is 3.30. The normalized spacial score (nSPS) is 25.6. The van der Waals surface area contributed by atoms with Crippen LogP contribution in [0.4, 0.5) is 5.69 Å². The summed E-state index contributed by atoms with van der Waals surface area (Å²) in [7, 11) is 0. The molecule has 2 fully saturated rings. The van der Waals surface area contributed by atoms with Crippen molar-refractivity contribution in [3.05, 3.63) is 30.2 Å². The van der Waals surface area contributed by atoms with E-state index in [1.807, 2.05) is 31.2 Å². The van der Waals surface area contributed by atoms with Crippen molar-refractivity contribution in [2.24, 2.45) is 11.8 Å². The van der Waals surface area contributed by atoms with E-state index in [2.05, 4.69) is 20.8 Å². The molecule has 1 aliphatic carbocycles. The second-order valence-corrected chi connectivity index (χ2v) is 6.78. The monoisotopic (exact) mass is 326 g/mol. The summed E-state index contributed by atoms with van der Waals surface area (Å²) in [4.78, 5) is 16.0. The van der Waals surface area contributed by atoms with E-state index in [-0.39, 0.29) is 5.91 Å². The number of nitrogens with zero attached hydrogens (tertiary/aromatic N) is 2. The number of fused-ring (bicyclic) bond motifs is 1. The van der Waals surface area contributed by atoms with Gasteiger partial charge in [0.25, 0.3) is 0 Å². The third-order valence-corrected chi connectivity index (χ3v) is 5.19. The van der Waals surface area contributed by atoms with Gasteiger partial charge in [0.05, 0.1) is 0 Å². The molecular weight excluding hydrogens is 304 g/mol. The van der Waals surface area contributed by atoms with Crippen molar-refractivity contribution < 1.29 is 9.32 Å². The van der Waals surface area contributed by atoms with Crippen molar-refractivity contribution >= 4 is 11.6 Å². The van der Waals surface area contributed by atoms with Crippen LogP contribution in [0.15, 0.2) is 28.8 Å². The zero-order chi connectivity index (χ0) is 16.5. The SMILES string of the molecule is CCC(=O)Nc1ccc(-c2noc(C3C[C@H]4CNC[C@H]4C3)n2)cc1. The maximum absolute atomic E-state index is 11.4. The van der Waals surface area contributed by atoms with E-state index < -0.39 is 0 Å². The summed E-state index contributed by atoms with van der Waals surface area (Å²) >= 11 is 0. The summed E-state index contributed by atoms with van der Waals surface area (Å²) in [5, 5.41) is 10.4. The predicted molar refractivity (Wildman–Crippen MR) is 90.5 cm³/mol. The number of rotatable bonds is 4. The molecule has 1 saturated carbocycles. The number of benzene rings is 1. The van der Waals surface area contributed by atoms with Gasteiger partial charge in [0.2, 0.25) is 17.6 Å². The molecule has 4 rings (SSSR count). The van der Waals surface area contributed by atoms with E-state index in [9.17, 15) is 4.79 Å². The quantitative estimate of drug-likeness (QED) is 0.903. The fourth-order valence-electron chi connectivity index (χ4n) is 3.84. The van der Waals surface area contributed by atoms with E-state index in [1.54, 1.807) is 0 Å². The van der Waals surface area contributed by atoms with Crippen molar-refractivity contribution in [2.45, 2.75) is 32.1 Å². The Morgan fingerprint density at radius 2 is 1.96 bits per heavy atom. The molecule has 0 spiro atoms. The Bertz CT molecular complexity index is 713. The lowest BCUT2D eigenvalue weighted by Crippen LogP contribution is -2.11. The van der Waals surface area contributed by atoms with Crippen LogP contribution in [0, 0.1) is 11.8 Å². The topological polar surface area (TPSA) is 80.0 Å². The number of hydrogen-bond acceptors (Lipinski definition) is 5. The Hall–Kier alpha value is -2.21. The fourth-order valence-corrected chi connectivity index (χ4v) is 3.84. The Kier molecular flexibility index (Phi) is 4.06. The molecule has 6 heteroatoms. The van der Waals surface area contributed by atoms with Gasteiger partial charge in [0, 0.05) is 23.6 Å². The first-order valence-corrected chi connectivity index (χ1v) is 8.67. The van der Waals surface area contributed by atoms with Crippen LogP contribution in [-0.4, -0.2) is 29.1 Å². The van der Waals surface area contributed by atoms with Gasteiger partial charge in [-0.2, -0.15) is 4.98 Å². The molecule has 1 saturated heterocycles. The molecule has 2 N–H and O–H groups in total. The molecule has 2 heterocycles. The first-order chi connectivity index (χ1) is 11.7. The summed E-state index contributed by atoms with van der Waals surface area (Å²) in [6.07, 6.45) is 2.75. The lowest BCUT2D eigenvalue weighted by molar-refractivity contribution is -0.115. The zero-order valence-corrected chi connectivity index (χ0v) is 13.8. The molecule has 1 aromatic carbocycles. The molecule has 24 heavy (non-hydrogen) atoms. The number of hydrogen-bond donors (Lipinski definition) is 2. The van der Waals surface area contributed by atoms with Gasteiger partial charge < -0.3 is 15.2 Å². The Balaban J connectivity index is 1.46. The Labute approximate surface area is 141 Å². The minimum atomic E-state index is 0.00543. The highest BCUT2D eigenvalue weighted by atomic mass is 16.5. The van der Waals surface area contributed by atoms with E-state index in [1.165, 1.54) is 0 Å². The maximum atomic E-state index is 11.4. The summed E-state index contributed by atoms with van der Waals surface area (Å²) in [6.45, 7) is 4.07. The van der Waals surface area contributed by atoms with Crippen molar-refractivity contribution in [1.29, 1.82) is 0 Å². The van der Waals surface area contributed by atoms with Gasteiger partial charge in [-0.05, 0) is 62.0 Å². The summed E-state index contributed by atoms with van der Waals surface area (Å²) in [5.41, 5.74) is 1.68. The number of aromatic nitrogens is 2. The van der Waals surface area contributed by atoms with Crippen LogP contribution in [-0.2, 0) is 4.79 Å². The second kappa shape index (κ2) is 6.36. The highest BCUT2D eigenvalue weighted by Gasteiger charge is 2.40. The first-order valence-electron chi connectivity index (χ1n) is 8.67. The predicted octanol–water partition coefficient (Wildman–Crippen LogP) is 2.80. The largest absolute Gasteiger partial charge is 0.339 e. The minimum absolute atomic E-state index is 0.00543. The van der Waals surface area contributed by atoms with Gasteiger partial charge in [-0.3, -0.25) is 4.79 Å². The zero-order valence-electron chi connectivity index (χ0n) is 13.8. The van der Waals surface area contributed by atoms with Crippen LogP contribution in [0.1, 0.15) is 38.0 Å². The molecular formula is C18H22N4O2.